The van der Waals surface area contributed by atoms with E-state index in [1.165, 1.54) is 27.3 Å². The molecule has 1 aromatic heterocycles. The number of benzene rings is 9. The maximum atomic E-state index is 5.50. The Balaban J connectivity index is 1.25. The summed E-state index contributed by atoms with van der Waals surface area (Å²) in [5.74, 6) is 0.707. The standard InChI is InChI=1S/C52H34N2/c1-4-14-35(15-5-1)38-24-26-40(27-25-38)49-34-50(44-31-42(36-16-6-2-7-17-36)30-43(32-44)37-18-8-3-9-19-37)54-52(53-49)51-46-23-13-11-21-41(46)33-48-45-22-12-10-20-39(45)28-29-47(48)51/h1-34H. The molecule has 0 saturated heterocycles. The van der Waals surface area contributed by atoms with Crippen LogP contribution < -0.4 is 0 Å². The fourth-order valence-electron chi connectivity index (χ4n) is 7.75. The van der Waals surface area contributed by atoms with Gasteiger partial charge >= 0.3 is 0 Å². The summed E-state index contributed by atoms with van der Waals surface area (Å²) in [4.78, 5) is 10.9. The van der Waals surface area contributed by atoms with E-state index in [1.807, 2.05) is 0 Å². The number of fused-ring (bicyclic) bond motifs is 4. The Bertz CT molecular complexity index is 2890. The molecule has 0 N–H and O–H groups in total. The van der Waals surface area contributed by atoms with E-state index in [9.17, 15) is 0 Å². The van der Waals surface area contributed by atoms with Crippen molar-refractivity contribution in [1.82, 2.24) is 9.97 Å². The normalized spacial score (nSPS) is 11.3. The molecule has 9 aromatic carbocycles. The highest BCUT2D eigenvalue weighted by Gasteiger charge is 2.18. The van der Waals surface area contributed by atoms with E-state index < -0.39 is 0 Å². The molecule has 1 heterocycles. The molecule has 0 fully saturated rings. The lowest BCUT2D eigenvalue weighted by Gasteiger charge is -2.16. The maximum absolute atomic E-state index is 5.50. The first-order valence-electron chi connectivity index (χ1n) is 18.4. The number of nitrogens with zero attached hydrogens (tertiary/aromatic N) is 2. The van der Waals surface area contributed by atoms with Crippen molar-refractivity contribution in [2.45, 2.75) is 0 Å². The fraction of sp³-hybridized carbons (Fsp3) is 0. The van der Waals surface area contributed by atoms with Gasteiger partial charge in [-0.3, -0.25) is 0 Å². The summed E-state index contributed by atoms with van der Waals surface area (Å²) in [6.45, 7) is 0. The molecule has 0 spiro atoms. The molecular weight excluding hydrogens is 653 g/mol. The first kappa shape index (κ1) is 31.6. The summed E-state index contributed by atoms with van der Waals surface area (Å²) >= 11 is 0. The molecule has 0 unspecified atom stereocenters. The Hall–Kier alpha value is -7.16. The largest absolute Gasteiger partial charge is 0.228 e. The van der Waals surface area contributed by atoms with Crippen molar-refractivity contribution < 1.29 is 0 Å². The Morgan fingerprint density at radius 3 is 1.33 bits per heavy atom. The molecular formula is C52H34N2. The van der Waals surface area contributed by atoms with Crippen molar-refractivity contribution in [1.29, 1.82) is 0 Å². The Morgan fingerprint density at radius 1 is 0.241 bits per heavy atom. The first-order valence-corrected chi connectivity index (χ1v) is 18.4. The van der Waals surface area contributed by atoms with Gasteiger partial charge in [-0.1, -0.05) is 176 Å². The van der Waals surface area contributed by atoms with E-state index in [1.54, 1.807) is 0 Å². The summed E-state index contributed by atoms with van der Waals surface area (Å²) in [7, 11) is 0. The van der Waals surface area contributed by atoms with Gasteiger partial charge in [-0.15, -0.1) is 0 Å². The zero-order valence-electron chi connectivity index (χ0n) is 29.5. The molecule has 252 valence electrons. The second-order valence-corrected chi connectivity index (χ2v) is 13.8. The second-order valence-electron chi connectivity index (χ2n) is 13.8. The fourth-order valence-corrected chi connectivity index (χ4v) is 7.75. The van der Waals surface area contributed by atoms with Crippen molar-refractivity contribution >= 4 is 32.3 Å². The molecule has 0 atom stereocenters. The van der Waals surface area contributed by atoms with E-state index in [-0.39, 0.29) is 0 Å². The highest BCUT2D eigenvalue weighted by atomic mass is 14.9. The zero-order valence-corrected chi connectivity index (χ0v) is 29.5. The Morgan fingerprint density at radius 2 is 0.704 bits per heavy atom. The van der Waals surface area contributed by atoms with Crippen LogP contribution in [0.3, 0.4) is 0 Å². The predicted molar refractivity (Wildman–Crippen MR) is 227 cm³/mol. The number of hydrogen-bond donors (Lipinski definition) is 0. The maximum Gasteiger partial charge on any atom is 0.161 e. The van der Waals surface area contributed by atoms with Crippen LogP contribution in [0.25, 0.3) is 99.6 Å². The monoisotopic (exact) mass is 686 g/mol. The molecule has 54 heavy (non-hydrogen) atoms. The predicted octanol–water partition coefficient (Wildman–Crippen LogP) is 13.9. The van der Waals surface area contributed by atoms with Crippen molar-refractivity contribution in [3.63, 3.8) is 0 Å². The third-order valence-corrected chi connectivity index (χ3v) is 10.5. The molecule has 2 heteroatoms. The highest BCUT2D eigenvalue weighted by molar-refractivity contribution is 6.19. The van der Waals surface area contributed by atoms with Crippen LogP contribution in [0.5, 0.6) is 0 Å². The summed E-state index contributed by atoms with van der Waals surface area (Å²) in [5, 5.41) is 7.06. The van der Waals surface area contributed by atoms with Gasteiger partial charge in [-0.05, 0) is 96.0 Å². The van der Waals surface area contributed by atoms with E-state index in [0.29, 0.717) is 5.82 Å². The molecule has 10 aromatic rings. The lowest BCUT2D eigenvalue weighted by atomic mass is 9.92. The third-order valence-electron chi connectivity index (χ3n) is 10.5. The lowest BCUT2D eigenvalue weighted by molar-refractivity contribution is 1.19. The molecule has 0 aliphatic carbocycles. The van der Waals surface area contributed by atoms with Gasteiger partial charge in [0.15, 0.2) is 5.82 Å². The van der Waals surface area contributed by atoms with Gasteiger partial charge in [-0.25, -0.2) is 9.97 Å². The van der Waals surface area contributed by atoms with Crippen LogP contribution in [-0.2, 0) is 0 Å². The summed E-state index contributed by atoms with van der Waals surface area (Å²) < 4.78 is 0. The lowest BCUT2D eigenvalue weighted by Crippen LogP contribution is -1.98. The molecule has 10 rings (SSSR count). The van der Waals surface area contributed by atoms with Crippen molar-refractivity contribution in [2.75, 3.05) is 0 Å². The van der Waals surface area contributed by atoms with Crippen LogP contribution in [0.4, 0.5) is 0 Å². The summed E-state index contributed by atoms with van der Waals surface area (Å²) in [6.07, 6.45) is 0. The minimum absolute atomic E-state index is 0.707. The zero-order chi connectivity index (χ0) is 35.8. The molecule has 0 saturated carbocycles. The van der Waals surface area contributed by atoms with Gasteiger partial charge < -0.3 is 0 Å². The van der Waals surface area contributed by atoms with Gasteiger partial charge in [0.1, 0.15) is 0 Å². The first-order chi connectivity index (χ1) is 26.7. The van der Waals surface area contributed by atoms with Gasteiger partial charge in [0.05, 0.1) is 11.4 Å². The van der Waals surface area contributed by atoms with Crippen molar-refractivity contribution in [3.05, 3.63) is 206 Å². The summed E-state index contributed by atoms with van der Waals surface area (Å²) in [5.41, 5.74) is 11.8. The molecule has 0 bridgehead atoms. The molecule has 0 aliphatic heterocycles. The quantitative estimate of drug-likeness (QED) is 0.129. The minimum Gasteiger partial charge on any atom is -0.228 e. The average molecular weight is 687 g/mol. The van der Waals surface area contributed by atoms with Crippen LogP contribution in [0, 0.1) is 0 Å². The number of hydrogen-bond acceptors (Lipinski definition) is 2. The second kappa shape index (κ2) is 13.4. The minimum atomic E-state index is 0.707. The van der Waals surface area contributed by atoms with Crippen molar-refractivity contribution in [3.8, 4) is 67.3 Å². The van der Waals surface area contributed by atoms with E-state index in [4.69, 9.17) is 9.97 Å². The van der Waals surface area contributed by atoms with Crippen LogP contribution >= 0.6 is 0 Å². The molecule has 0 aliphatic rings. The van der Waals surface area contributed by atoms with Gasteiger partial charge in [-0.2, -0.15) is 0 Å². The van der Waals surface area contributed by atoms with Crippen LogP contribution in [-0.4, -0.2) is 9.97 Å². The summed E-state index contributed by atoms with van der Waals surface area (Å²) in [6, 6.07) is 73.5. The number of rotatable bonds is 6. The Labute approximate surface area is 314 Å². The molecule has 0 amide bonds. The van der Waals surface area contributed by atoms with E-state index in [0.717, 1.165) is 66.5 Å². The average Bonchev–Trinajstić information content (AvgIpc) is 3.26. The third kappa shape index (κ3) is 5.81. The van der Waals surface area contributed by atoms with E-state index in [2.05, 4.69) is 206 Å². The smallest absolute Gasteiger partial charge is 0.161 e. The number of aromatic nitrogens is 2. The molecule has 0 radical (unpaired) electrons. The Kier molecular flexibility index (Phi) is 7.85. The van der Waals surface area contributed by atoms with Crippen LogP contribution in [0.1, 0.15) is 0 Å². The topological polar surface area (TPSA) is 25.8 Å². The van der Waals surface area contributed by atoms with E-state index >= 15 is 0 Å². The highest BCUT2D eigenvalue weighted by Crippen LogP contribution is 2.40. The van der Waals surface area contributed by atoms with Crippen molar-refractivity contribution in [2.24, 2.45) is 0 Å². The van der Waals surface area contributed by atoms with Crippen LogP contribution in [0.15, 0.2) is 206 Å². The van der Waals surface area contributed by atoms with Gasteiger partial charge in [0.25, 0.3) is 0 Å². The molecule has 2 nitrogen and oxygen atoms in total. The van der Waals surface area contributed by atoms with Gasteiger partial charge in [0, 0.05) is 16.7 Å². The van der Waals surface area contributed by atoms with Gasteiger partial charge in [0.2, 0.25) is 0 Å². The SMILES string of the molecule is c1ccc(-c2ccc(-c3cc(-c4cc(-c5ccccc5)cc(-c5ccccc5)c4)nc(-c4c5ccccc5cc5c4ccc4ccccc45)n3)cc2)cc1. The van der Waals surface area contributed by atoms with Crippen LogP contribution in [0.2, 0.25) is 0 Å².